The van der Waals surface area contributed by atoms with Crippen LogP contribution in [0.5, 0.6) is 0 Å². The molecule has 2 aromatic carbocycles. The molecular formula is C18H17BrClNO. The number of hydrogen-bond donors (Lipinski definition) is 0. The number of benzene rings is 2. The summed E-state index contributed by atoms with van der Waals surface area (Å²) in [6, 6.07) is 15.7. The van der Waals surface area contributed by atoms with E-state index >= 15 is 0 Å². The molecule has 1 atom stereocenters. The van der Waals surface area contributed by atoms with Crippen molar-refractivity contribution in [3.63, 3.8) is 0 Å². The fraction of sp³-hybridized carbons (Fsp3) is 0.278. The Morgan fingerprint density at radius 1 is 1.18 bits per heavy atom. The maximum Gasteiger partial charge on any atom is 0.255 e. The topological polar surface area (TPSA) is 20.3 Å². The SMILES string of the molecule is O=C(c1ccccc1Br)N1CCCC1Cc1ccccc1Cl. The molecule has 1 unspecified atom stereocenters. The summed E-state index contributed by atoms with van der Waals surface area (Å²) in [4.78, 5) is 14.8. The number of halogens is 2. The van der Waals surface area contributed by atoms with Crippen molar-refractivity contribution < 1.29 is 4.79 Å². The van der Waals surface area contributed by atoms with Crippen molar-refractivity contribution in [3.05, 3.63) is 69.2 Å². The van der Waals surface area contributed by atoms with Crippen LogP contribution in [0.3, 0.4) is 0 Å². The number of amides is 1. The lowest BCUT2D eigenvalue weighted by molar-refractivity contribution is 0.0735. The van der Waals surface area contributed by atoms with Crippen molar-refractivity contribution in [3.8, 4) is 0 Å². The van der Waals surface area contributed by atoms with Gasteiger partial charge in [0.05, 0.1) is 5.56 Å². The van der Waals surface area contributed by atoms with Crippen molar-refractivity contribution >= 4 is 33.4 Å². The maximum atomic E-state index is 12.8. The minimum atomic E-state index is 0.0991. The Balaban J connectivity index is 1.80. The molecule has 2 nitrogen and oxygen atoms in total. The lowest BCUT2D eigenvalue weighted by atomic mass is 10.0. The number of carbonyl (C=O) groups is 1. The minimum Gasteiger partial charge on any atom is -0.335 e. The van der Waals surface area contributed by atoms with E-state index in [-0.39, 0.29) is 11.9 Å². The van der Waals surface area contributed by atoms with Gasteiger partial charge in [0, 0.05) is 22.1 Å². The van der Waals surface area contributed by atoms with Gasteiger partial charge >= 0.3 is 0 Å². The molecule has 4 heteroatoms. The van der Waals surface area contributed by atoms with Crippen molar-refractivity contribution in [1.82, 2.24) is 4.90 Å². The van der Waals surface area contributed by atoms with E-state index in [1.807, 2.05) is 53.4 Å². The number of nitrogens with zero attached hydrogens (tertiary/aromatic N) is 1. The molecule has 3 rings (SSSR count). The Morgan fingerprint density at radius 2 is 1.91 bits per heavy atom. The van der Waals surface area contributed by atoms with Gasteiger partial charge in [-0.15, -0.1) is 0 Å². The summed E-state index contributed by atoms with van der Waals surface area (Å²) in [5, 5.41) is 0.780. The second-order valence-electron chi connectivity index (χ2n) is 5.57. The number of likely N-dealkylation sites (tertiary alicyclic amines) is 1. The summed E-state index contributed by atoms with van der Waals surface area (Å²) >= 11 is 9.73. The average Bonchev–Trinajstić information content (AvgIpc) is 2.98. The van der Waals surface area contributed by atoms with E-state index in [1.165, 1.54) is 0 Å². The van der Waals surface area contributed by atoms with Gasteiger partial charge in [0.15, 0.2) is 0 Å². The van der Waals surface area contributed by atoms with Gasteiger partial charge in [0.2, 0.25) is 0 Å². The molecule has 1 aliphatic rings. The zero-order valence-corrected chi connectivity index (χ0v) is 14.5. The van der Waals surface area contributed by atoms with Crippen LogP contribution in [0.25, 0.3) is 0 Å². The Labute approximate surface area is 144 Å². The van der Waals surface area contributed by atoms with Crippen molar-refractivity contribution in [1.29, 1.82) is 0 Å². The zero-order chi connectivity index (χ0) is 15.5. The lowest BCUT2D eigenvalue weighted by Crippen LogP contribution is -2.37. The average molecular weight is 379 g/mol. The normalized spacial score (nSPS) is 17.7. The predicted octanol–water partition coefficient (Wildman–Crippen LogP) is 4.95. The summed E-state index contributed by atoms with van der Waals surface area (Å²) in [6.07, 6.45) is 2.89. The van der Waals surface area contributed by atoms with E-state index < -0.39 is 0 Å². The smallest absolute Gasteiger partial charge is 0.255 e. The molecular weight excluding hydrogens is 362 g/mol. The van der Waals surface area contributed by atoms with Gasteiger partial charge in [-0.2, -0.15) is 0 Å². The highest BCUT2D eigenvalue weighted by Gasteiger charge is 2.30. The molecule has 22 heavy (non-hydrogen) atoms. The number of hydrogen-bond acceptors (Lipinski definition) is 1. The first kappa shape index (κ1) is 15.6. The summed E-state index contributed by atoms with van der Waals surface area (Å²) in [5.74, 6) is 0.0991. The van der Waals surface area contributed by atoms with E-state index in [0.29, 0.717) is 0 Å². The summed E-state index contributed by atoms with van der Waals surface area (Å²) in [5.41, 5.74) is 1.84. The van der Waals surface area contributed by atoms with Crippen LogP contribution < -0.4 is 0 Å². The molecule has 1 amide bonds. The van der Waals surface area contributed by atoms with Gasteiger partial charge in [0.1, 0.15) is 0 Å². The molecule has 1 saturated heterocycles. The van der Waals surface area contributed by atoms with E-state index in [9.17, 15) is 4.79 Å². The van der Waals surface area contributed by atoms with Crippen LogP contribution in [-0.4, -0.2) is 23.4 Å². The largest absolute Gasteiger partial charge is 0.335 e. The molecule has 0 radical (unpaired) electrons. The molecule has 0 spiro atoms. The predicted molar refractivity (Wildman–Crippen MR) is 93.4 cm³/mol. The highest BCUT2D eigenvalue weighted by Crippen LogP contribution is 2.27. The lowest BCUT2D eigenvalue weighted by Gasteiger charge is -2.25. The molecule has 0 N–H and O–H groups in total. The van der Waals surface area contributed by atoms with Gasteiger partial charge < -0.3 is 4.90 Å². The second-order valence-corrected chi connectivity index (χ2v) is 6.83. The van der Waals surface area contributed by atoms with Gasteiger partial charge in [0.25, 0.3) is 5.91 Å². The monoisotopic (exact) mass is 377 g/mol. The highest BCUT2D eigenvalue weighted by atomic mass is 79.9. The summed E-state index contributed by atoms with van der Waals surface area (Å²) in [7, 11) is 0. The summed E-state index contributed by atoms with van der Waals surface area (Å²) in [6.45, 7) is 0.815. The van der Waals surface area contributed by atoms with Crippen LogP contribution in [0, 0.1) is 0 Å². The van der Waals surface area contributed by atoms with E-state index in [4.69, 9.17) is 11.6 Å². The molecule has 0 aliphatic carbocycles. The van der Waals surface area contributed by atoms with Crippen LogP contribution in [-0.2, 0) is 6.42 Å². The van der Waals surface area contributed by atoms with Crippen LogP contribution in [0.1, 0.15) is 28.8 Å². The molecule has 2 aromatic rings. The fourth-order valence-electron chi connectivity index (χ4n) is 3.02. The fourth-order valence-corrected chi connectivity index (χ4v) is 3.69. The zero-order valence-electron chi connectivity index (χ0n) is 12.1. The third-order valence-electron chi connectivity index (χ3n) is 4.16. The first-order valence-corrected chi connectivity index (χ1v) is 8.63. The first-order chi connectivity index (χ1) is 10.7. The minimum absolute atomic E-state index is 0.0991. The van der Waals surface area contributed by atoms with E-state index in [0.717, 1.165) is 46.4 Å². The van der Waals surface area contributed by atoms with Crippen LogP contribution >= 0.6 is 27.5 Å². The van der Waals surface area contributed by atoms with Gasteiger partial charge in [-0.25, -0.2) is 0 Å². The quantitative estimate of drug-likeness (QED) is 0.740. The molecule has 0 bridgehead atoms. The molecule has 0 saturated carbocycles. The van der Waals surface area contributed by atoms with Crippen LogP contribution in [0.4, 0.5) is 0 Å². The maximum absolute atomic E-state index is 12.8. The molecule has 1 fully saturated rings. The molecule has 1 aliphatic heterocycles. The standard InChI is InChI=1S/C18H17BrClNO/c19-16-9-3-2-8-15(16)18(22)21-11-5-7-14(21)12-13-6-1-4-10-17(13)20/h1-4,6,8-10,14H,5,7,11-12H2. The number of carbonyl (C=O) groups excluding carboxylic acids is 1. The van der Waals surface area contributed by atoms with Crippen LogP contribution in [0.15, 0.2) is 53.0 Å². The van der Waals surface area contributed by atoms with Crippen molar-refractivity contribution in [2.75, 3.05) is 6.54 Å². The van der Waals surface area contributed by atoms with Crippen molar-refractivity contribution in [2.24, 2.45) is 0 Å². The molecule has 0 aromatic heterocycles. The van der Waals surface area contributed by atoms with Gasteiger partial charge in [-0.05, 0) is 59.0 Å². The second kappa shape index (κ2) is 6.84. The van der Waals surface area contributed by atoms with Crippen molar-refractivity contribution in [2.45, 2.75) is 25.3 Å². The number of rotatable bonds is 3. The molecule has 114 valence electrons. The third kappa shape index (κ3) is 3.21. The van der Waals surface area contributed by atoms with Crippen LogP contribution in [0.2, 0.25) is 5.02 Å². The third-order valence-corrected chi connectivity index (χ3v) is 5.22. The summed E-state index contributed by atoms with van der Waals surface area (Å²) < 4.78 is 0.850. The van der Waals surface area contributed by atoms with E-state index in [2.05, 4.69) is 15.9 Å². The highest BCUT2D eigenvalue weighted by molar-refractivity contribution is 9.10. The first-order valence-electron chi connectivity index (χ1n) is 7.45. The van der Waals surface area contributed by atoms with E-state index in [1.54, 1.807) is 0 Å². The van der Waals surface area contributed by atoms with Gasteiger partial charge in [-0.1, -0.05) is 41.9 Å². The Kier molecular flexibility index (Phi) is 4.84. The molecule has 1 heterocycles. The Hall–Kier alpha value is -1.32. The van der Waals surface area contributed by atoms with Gasteiger partial charge in [-0.3, -0.25) is 4.79 Å². The Bertz CT molecular complexity index is 688. The Morgan fingerprint density at radius 3 is 2.68 bits per heavy atom.